The zero-order valence-electron chi connectivity index (χ0n) is 16.9. The van der Waals surface area contributed by atoms with Crippen LogP contribution in [-0.4, -0.2) is 55.7 Å². The molecule has 1 saturated heterocycles. The molecule has 2 fully saturated rings. The molecule has 6 nitrogen and oxygen atoms in total. The second-order valence-corrected chi connectivity index (χ2v) is 8.77. The number of alkyl halides is 1. The Balaban J connectivity index is 1.50. The van der Waals surface area contributed by atoms with Crippen LogP contribution in [0.25, 0.3) is 10.9 Å². The van der Waals surface area contributed by atoms with E-state index in [1.165, 1.54) is 5.56 Å². The molecule has 0 amide bonds. The minimum absolute atomic E-state index is 0.345. The predicted octanol–water partition coefficient (Wildman–Crippen LogP) is 2.47. The van der Waals surface area contributed by atoms with E-state index in [-0.39, 0.29) is 6.42 Å². The number of aromatic nitrogens is 1. The summed E-state index contributed by atoms with van der Waals surface area (Å²) in [6.45, 7) is -0.862. The number of hydrogen-bond donors (Lipinski definition) is 5. The van der Waals surface area contributed by atoms with Crippen LogP contribution in [-0.2, 0) is 11.2 Å². The highest BCUT2D eigenvalue weighted by Gasteiger charge is 2.66. The predicted molar refractivity (Wildman–Crippen MR) is 112 cm³/mol. The van der Waals surface area contributed by atoms with Crippen molar-refractivity contribution in [3.63, 3.8) is 0 Å². The van der Waals surface area contributed by atoms with Crippen LogP contribution in [0.5, 0.6) is 0 Å². The zero-order valence-corrected chi connectivity index (χ0v) is 16.9. The van der Waals surface area contributed by atoms with Crippen LogP contribution >= 0.6 is 0 Å². The zero-order chi connectivity index (χ0) is 21.8. The molecule has 1 aliphatic carbocycles. The van der Waals surface area contributed by atoms with Gasteiger partial charge in [0, 0.05) is 17.6 Å². The number of nitrogens with one attached hydrogen (secondary N) is 1. The summed E-state index contributed by atoms with van der Waals surface area (Å²) in [7, 11) is 0. The van der Waals surface area contributed by atoms with E-state index < -0.39 is 36.4 Å². The maximum Gasteiger partial charge on any atom is 0.267 e. The highest BCUT2D eigenvalue weighted by Crippen LogP contribution is 2.47. The number of aliphatic hydroxyl groups is 4. The van der Waals surface area contributed by atoms with Crippen molar-refractivity contribution in [3.05, 3.63) is 71.4 Å². The molecule has 0 unspecified atom stereocenters. The SMILES string of the molecule is OC[C@H]1O[C@@H](c2cc3ccccc3[nH]2)[C@H](O)[C@](O)(Cc2ccc(C3CC3)cc2)[C@@]1(O)F. The molecule has 0 radical (unpaired) electrons. The maximum atomic E-state index is 15.5. The quantitative estimate of drug-likeness (QED) is 0.430. The van der Waals surface area contributed by atoms with Crippen LogP contribution < -0.4 is 0 Å². The lowest BCUT2D eigenvalue weighted by Crippen LogP contribution is -2.71. The third-order valence-electron chi connectivity index (χ3n) is 6.65. The molecule has 164 valence electrons. The number of hydrogen-bond acceptors (Lipinski definition) is 5. The molecule has 0 spiro atoms. The lowest BCUT2D eigenvalue weighted by molar-refractivity contribution is -0.367. The molecule has 3 aromatic rings. The van der Waals surface area contributed by atoms with E-state index in [4.69, 9.17) is 4.74 Å². The largest absolute Gasteiger partial charge is 0.393 e. The number of benzene rings is 2. The Morgan fingerprint density at radius 1 is 1.06 bits per heavy atom. The molecule has 1 aromatic heterocycles. The second-order valence-electron chi connectivity index (χ2n) is 8.77. The third kappa shape index (κ3) is 3.37. The minimum Gasteiger partial charge on any atom is -0.393 e. The normalized spacial score (nSPS) is 33.6. The summed E-state index contributed by atoms with van der Waals surface area (Å²) in [5.41, 5.74) is 0.361. The lowest BCUT2D eigenvalue weighted by atomic mass is 9.75. The first-order valence-corrected chi connectivity index (χ1v) is 10.6. The Hall–Kier alpha value is -2.29. The molecule has 1 aliphatic heterocycles. The summed E-state index contributed by atoms with van der Waals surface area (Å²) < 4.78 is 21.0. The lowest BCUT2D eigenvalue weighted by Gasteiger charge is -2.51. The summed E-state index contributed by atoms with van der Waals surface area (Å²) in [4.78, 5) is 3.11. The average Bonchev–Trinajstić information content (AvgIpc) is 3.52. The summed E-state index contributed by atoms with van der Waals surface area (Å²) in [6.07, 6.45) is -2.74. The van der Waals surface area contributed by atoms with Crippen molar-refractivity contribution in [2.24, 2.45) is 0 Å². The third-order valence-corrected chi connectivity index (χ3v) is 6.65. The van der Waals surface area contributed by atoms with Crippen molar-refractivity contribution in [2.45, 2.75) is 54.9 Å². The van der Waals surface area contributed by atoms with E-state index in [0.29, 0.717) is 17.2 Å². The topological polar surface area (TPSA) is 106 Å². The first-order valence-electron chi connectivity index (χ1n) is 10.6. The fourth-order valence-electron chi connectivity index (χ4n) is 4.60. The van der Waals surface area contributed by atoms with Gasteiger partial charge in [0.15, 0.2) is 5.60 Å². The molecule has 0 bridgehead atoms. The van der Waals surface area contributed by atoms with Gasteiger partial charge in [0.05, 0.1) is 6.61 Å². The monoisotopic (exact) mass is 427 g/mol. The molecule has 5 rings (SSSR count). The van der Waals surface area contributed by atoms with Gasteiger partial charge >= 0.3 is 0 Å². The van der Waals surface area contributed by atoms with Gasteiger partial charge in [0.2, 0.25) is 0 Å². The van der Waals surface area contributed by atoms with Crippen LogP contribution in [0.2, 0.25) is 0 Å². The summed E-state index contributed by atoms with van der Waals surface area (Å²) >= 11 is 0. The van der Waals surface area contributed by atoms with E-state index >= 15 is 4.39 Å². The number of halogens is 1. The Kier molecular flexibility index (Phi) is 4.91. The van der Waals surface area contributed by atoms with E-state index in [1.54, 1.807) is 18.2 Å². The Morgan fingerprint density at radius 2 is 1.77 bits per heavy atom. The molecule has 2 heterocycles. The van der Waals surface area contributed by atoms with E-state index in [1.807, 2.05) is 36.4 Å². The van der Waals surface area contributed by atoms with Gasteiger partial charge in [-0.25, -0.2) is 4.39 Å². The van der Waals surface area contributed by atoms with Crippen LogP contribution in [0.15, 0.2) is 54.6 Å². The fraction of sp³-hybridized carbons (Fsp3) is 0.417. The summed E-state index contributed by atoms with van der Waals surface area (Å²) in [5, 5.41) is 43.5. The highest BCUT2D eigenvalue weighted by atomic mass is 19.2. The Bertz CT molecular complexity index is 1040. The number of aliphatic hydroxyl groups excluding tert-OH is 2. The van der Waals surface area contributed by atoms with Crippen molar-refractivity contribution in [1.29, 1.82) is 0 Å². The van der Waals surface area contributed by atoms with Gasteiger partial charge in [0.1, 0.15) is 18.3 Å². The van der Waals surface area contributed by atoms with Gasteiger partial charge < -0.3 is 30.1 Å². The number of H-pyrrole nitrogens is 1. The number of fused-ring (bicyclic) bond motifs is 1. The molecule has 31 heavy (non-hydrogen) atoms. The number of rotatable bonds is 5. The van der Waals surface area contributed by atoms with Crippen molar-refractivity contribution in [2.75, 3.05) is 6.61 Å². The summed E-state index contributed by atoms with van der Waals surface area (Å²) in [5.74, 6) is -2.81. The molecule has 7 heteroatoms. The molecule has 1 saturated carbocycles. The molecule has 2 aliphatic rings. The van der Waals surface area contributed by atoms with Gasteiger partial charge in [-0.1, -0.05) is 42.5 Å². The van der Waals surface area contributed by atoms with Crippen molar-refractivity contribution >= 4 is 10.9 Å². The average molecular weight is 427 g/mol. The van der Waals surface area contributed by atoms with Crippen LogP contribution in [0, 0.1) is 0 Å². The van der Waals surface area contributed by atoms with Crippen molar-refractivity contribution in [1.82, 2.24) is 4.98 Å². The smallest absolute Gasteiger partial charge is 0.267 e. The van der Waals surface area contributed by atoms with Crippen LogP contribution in [0.4, 0.5) is 4.39 Å². The van der Waals surface area contributed by atoms with Gasteiger partial charge in [0.25, 0.3) is 5.85 Å². The number of aromatic amines is 1. The van der Waals surface area contributed by atoms with E-state index in [2.05, 4.69) is 4.98 Å². The summed E-state index contributed by atoms with van der Waals surface area (Å²) in [6, 6.07) is 16.6. The van der Waals surface area contributed by atoms with E-state index in [9.17, 15) is 20.4 Å². The Morgan fingerprint density at radius 3 is 2.42 bits per heavy atom. The molecule has 5 atom stereocenters. The molecular weight excluding hydrogens is 401 g/mol. The number of ether oxygens (including phenoxy) is 1. The maximum absolute atomic E-state index is 15.5. The van der Waals surface area contributed by atoms with Gasteiger partial charge in [-0.15, -0.1) is 0 Å². The van der Waals surface area contributed by atoms with Crippen molar-refractivity contribution in [3.8, 4) is 0 Å². The Labute approximate surface area is 178 Å². The molecule has 2 aromatic carbocycles. The molecular formula is C24H26FNO5. The molecule has 5 N–H and O–H groups in total. The van der Waals surface area contributed by atoms with Crippen LogP contribution in [0.1, 0.15) is 41.7 Å². The van der Waals surface area contributed by atoms with Crippen LogP contribution in [0.3, 0.4) is 0 Å². The van der Waals surface area contributed by atoms with E-state index in [0.717, 1.165) is 23.7 Å². The first-order chi connectivity index (χ1) is 14.8. The van der Waals surface area contributed by atoms with Gasteiger partial charge in [-0.05, 0) is 47.4 Å². The first kappa shape index (κ1) is 20.6. The van der Waals surface area contributed by atoms with Gasteiger partial charge in [-0.2, -0.15) is 0 Å². The van der Waals surface area contributed by atoms with Gasteiger partial charge in [-0.3, -0.25) is 0 Å². The minimum atomic E-state index is -3.36. The number of para-hydroxylation sites is 1. The second kappa shape index (κ2) is 7.39. The standard InChI is InChI=1S/C24H26FNO5/c25-24(30)20(13-27)31-21(19-11-17-3-1-2-4-18(17)26-19)22(28)23(24,29)12-14-5-7-15(8-6-14)16-9-10-16/h1-8,11,16,20-22,26-30H,9-10,12-13H2/t20-,21+,22+,23-,24-/m1/s1. The fourth-order valence-corrected chi connectivity index (χ4v) is 4.60. The van der Waals surface area contributed by atoms with Crippen molar-refractivity contribution < 1.29 is 29.6 Å². The highest BCUT2D eigenvalue weighted by molar-refractivity contribution is 5.80.